The first kappa shape index (κ1) is 16.4. The fraction of sp³-hybridized carbons (Fsp3) is 0.235. The second-order valence-corrected chi connectivity index (χ2v) is 5.67. The molecule has 0 saturated heterocycles. The van der Waals surface area contributed by atoms with E-state index in [-0.39, 0.29) is 11.7 Å². The first-order valence-corrected chi connectivity index (χ1v) is 8.07. The predicted molar refractivity (Wildman–Crippen MR) is 88.0 cm³/mol. The van der Waals surface area contributed by atoms with Crippen molar-refractivity contribution in [3.63, 3.8) is 0 Å². The van der Waals surface area contributed by atoms with Crippen molar-refractivity contribution >= 4 is 23.4 Å². The Morgan fingerprint density at radius 2 is 1.91 bits per heavy atom. The number of anilines is 1. The molecule has 3 nitrogen and oxygen atoms in total. The van der Waals surface area contributed by atoms with Gasteiger partial charge in [0.1, 0.15) is 11.6 Å². The summed E-state index contributed by atoms with van der Waals surface area (Å²) < 4.78 is 18.8. The molecule has 1 amide bonds. The summed E-state index contributed by atoms with van der Waals surface area (Å²) in [5.74, 6) is 0.965. The number of ether oxygens (including phenoxy) is 1. The van der Waals surface area contributed by atoms with Gasteiger partial charge in [-0.2, -0.15) is 0 Å². The predicted octanol–water partition coefficient (Wildman–Crippen LogP) is 4.35. The third-order valence-corrected chi connectivity index (χ3v) is 3.92. The molecule has 0 spiro atoms. The van der Waals surface area contributed by atoms with Gasteiger partial charge < -0.3 is 10.1 Å². The largest absolute Gasteiger partial charge is 0.494 e. The Morgan fingerprint density at radius 3 is 2.59 bits per heavy atom. The Balaban J connectivity index is 1.77. The highest BCUT2D eigenvalue weighted by atomic mass is 32.2. The van der Waals surface area contributed by atoms with E-state index >= 15 is 0 Å². The zero-order valence-corrected chi connectivity index (χ0v) is 13.2. The Kier molecular flexibility index (Phi) is 6.27. The van der Waals surface area contributed by atoms with Crippen LogP contribution in [0.4, 0.5) is 10.1 Å². The molecule has 0 aliphatic heterocycles. The summed E-state index contributed by atoms with van der Waals surface area (Å²) in [6.45, 7) is 2.53. The molecule has 2 rings (SSSR count). The van der Waals surface area contributed by atoms with Crippen LogP contribution in [0.3, 0.4) is 0 Å². The molecule has 0 saturated carbocycles. The summed E-state index contributed by atoms with van der Waals surface area (Å²) in [5.41, 5.74) is 0.726. The van der Waals surface area contributed by atoms with E-state index < -0.39 is 0 Å². The van der Waals surface area contributed by atoms with E-state index in [1.165, 1.54) is 17.8 Å². The van der Waals surface area contributed by atoms with Crippen LogP contribution in [0, 0.1) is 5.82 Å². The van der Waals surface area contributed by atoms with Crippen LogP contribution in [-0.4, -0.2) is 18.3 Å². The number of hydrogen-bond donors (Lipinski definition) is 1. The summed E-state index contributed by atoms with van der Waals surface area (Å²) in [6, 6.07) is 13.8. The van der Waals surface area contributed by atoms with Gasteiger partial charge in [0.05, 0.1) is 6.61 Å². The molecule has 116 valence electrons. The topological polar surface area (TPSA) is 38.3 Å². The van der Waals surface area contributed by atoms with Crippen LogP contribution in [-0.2, 0) is 4.79 Å². The third kappa shape index (κ3) is 5.07. The van der Waals surface area contributed by atoms with Gasteiger partial charge in [-0.25, -0.2) is 4.39 Å². The summed E-state index contributed by atoms with van der Waals surface area (Å²) in [7, 11) is 0. The Labute approximate surface area is 133 Å². The minimum absolute atomic E-state index is 0.0898. The summed E-state index contributed by atoms with van der Waals surface area (Å²) in [5, 5.41) is 2.81. The molecule has 0 aromatic heterocycles. The second-order valence-electron chi connectivity index (χ2n) is 4.53. The first-order chi connectivity index (χ1) is 10.7. The van der Waals surface area contributed by atoms with Crippen LogP contribution in [0.2, 0.25) is 0 Å². The van der Waals surface area contributed by atoms with Crippen molar-refractivity contribution < 1.29 is 13.9 Å². The van der Waals surface area contributed by atoms with E-state index in [1.54, 1.807) is 30.3 Å². The molecular weight excluding hydrogens is 301 g/mol. The van der Waals surface area contributed by atoms with Crippen LogP contribution in [0.25, 0.3) is 0 Å². The molecule has 5 heteroatoms. The van der Waals surface area contributed by atoms with Gasteiger partial charge in [-0.3, -0.25) is 4.79 Å². The first-order valence-electron chi connectivity index (χ1n) is 7.09. The monoisotopic (exact) mass is 319 g/mol. The summed E-state index contributed by atoms with van der Waals surface area (Å²) in [6.07, 6.45) is 0.326. The minimum Gasteiger partial charge on any atom is -0.494 e. The molecule has 0 fully saturated rings. The lowest BCUT2D eigenvalue weighted by atomic mass is 10.3. The van der Waals surface area contributed by atoms with Crippen LogP contribution < -0.4 is 10.1 Å². The van der Waals surface area contributed by atoms with Crippen molar-refractivity contribution in [2.24, 2.45) is 0 Å². The quantitative estimate of drug-likeness (QED) is 0.771. The normalized spacial score (nSPS) is 10.3. The zero-order chi connectivity index (χ0) is 15.8. The molecule has 22 heavy (non-hydrogen) atoms. The maximum absolute atomic E-state index is 13.4. The lowest BCUT2D eigenvalue weighted by Crippen LogP contribution is -2.12. The van der Waals surface area contributed by atoms with Crippen molar-refractivity contribution in [3.05, 3.63) is 54.3 Å². The van der Waals surface area contributed by atoms with Gasteiger partial charge in [0.2, 0.25) is 5.91 Å². The fourth-order valence-corrected chi connectivity index (χ4v) is 2.73. The second kappa shape index (κ2) is 8.44. The van der Waals surface area contributed by atoms with Crippen LogP contribution in [0.15, 0.2) is 53.4 Å². The Bertz CT molecular complexity index is 616. The molecular formula is C17H18FNO2S. The lowest BCUT2D eigenvalue weighted by Gasteiger charge is -2.07. The lowest BCUT2D eigenvalue weighted by molar-refractivity contribution is -0.115. The highest BCUT2D eigenvalue weighted by Gasteiger charge is 2.05. The molecule has 0 unspecified atom stereocenters. The highest BCUT2D eigenvalue weighted by molar-refractivity contribution is 7.99. The molecule has 0 aliphatic carbocycles. The van der Waals surface area contributed by atoms with Crippen molar-refractivity contribution in [3.8, 4) is 5.75 Å². The van der Waals surface area contributed by atoms with Crippen molar-refractivity contribution in [2.75, 3.05) is 17.7 Å². The average molecular weight is 319 g/mol. The van der Waals surface area contributed by atoms with Gasteiger partial charge in [-0.15, -0.1) is 11.8 Å². The number of thioether (sulfide) groups is 1. The molecule has 1 N–H and O–H groups in total. The smallest absolute Gasteiger partial charge is 0.225 e. The number of carbonyl (C=O) groups is 1. The van der Waals surface area contributed by atoms with E-state index in [4.69, 9.17) is 4.74 Å². The van der Waals surface area contributed by atoms with Gasteiger partial charge in [-0.1, -0.05) is 12.1 Å². The van der Waals surface area contributed by atoms with E-state index in [2.05, 4.69) is 5.32 Å². The zero-order valence-electron chi connectivity index (χ0n) is 12.3. The maximum atomic E-state index is 13.4. The number of carbonyl (C=O) groups excluding carboxylic acids is 1. The van der Waals surface area contributed by atoms with E-state index in [0.717, 1.165) is 11.4 Å². The third-order valence-electron chi connectivity index (χ3n) is 2.87. The molecule has 0 radical (unpaired) electrons. The molecule has 0 bridgehead atoms. The average Bonchev–Trinajstić information content (AvgIpc) is 2.51. The summed E-state index contributed by atoms with van der Waals surface area (Å²) >= 11 is 1.34. The van der Waals surface area contributed by atoms with E-state index in [0.29, 0.717) is 23.7 Å². The standard InChI is InChI=1S/C17H18FNO2S/c1-2-21-14-9-7-13(8-10-14)19-17(20)11-12-22-16-6-4-3-5-15(16)18/h3-10H,2,11-12H2,1H3,(H,19,20). The maximum Gasteiger partial charge on any atom is 0.225 e. The molecule has 2 aromatic rings. The van der Waals surface area contributed by atoms with E-state index in [9.17, 15) is 9.18 Å². The number of benzene rings is 2. The number of amides is 1. The van der Waals surface area contributed by atoms with Crippen LogP contribution in [0.5, 0.6) is 5.75 Å². The molecule has 2 aromatic carbocycles. The Hall–Kier alpha value is -2.01. The number of rotatable bonds is 7. The van der Waals surface area contributed by atoms with E-state index in [1.807, 2.05) is 19.1 Å². The van der Waals surface area contributed by atoms with Crippen molar-refractivity contribution in [2.45, 2.75) is 18.2 Å². The SMILES string of the molecule is CCOc1ccc(NC(=O)CCSc2ccccc2F)cc1. The number of nitrogens with one attached hydrogen (secondary N) is 1. The van der Waals surface area contributed by atoms with Gasteiger partial charge in [0.25, 0.3) is 0 Å². The minimum atomic E-state index is -0.251. The Morgan fingerprint density at radius 1 is 1.18 bits per heavy atom. The molecule has 0 atom stereocenters. The van der Waals surface area contributed by atoms with Crippen molar-refractivity contribution in [1.82, 2.24) is 0 Å². The number of hydrogen-bond acceptors (Lipinski definition) is 3. The van der Waals surface area contributed by atoms with Gasteiger partial charge in [-0.05, 0) is 43.3 Å². The molecule has 0 aliphatic rings. The van der Waals surface area contributed by atoms with Gasteiger partial charge in [0, 0.05) is 22.8 Å². The van der Waals surface area contributed by atoms with Gasteiger partial charge >= 0.3 is 0 Å². The van der Waals surface area contributed by atoms with Crippen molar-refractivity contribution in [1.29, 1.82) is 0 Å². The highest BCUT2D eigenvalue weighted by Crippen LogP contribution is 2.22. The summed E-state index contributed by atoms with van der Waals surface area (Å²) in [4.78, 5) is 12.4. The van der Waals surface area contributed by atoms with Crippen LogP contribution in [0.1, 0.15) is 13.3 Å². The van der Waals surface area contributed by atoms with Crippen LogP contribution >= 0.6 is 11.8 Å². The molecule has 0 heterocycles. The number of halogens is 1. The fourth-order valence-electron chi connectivity index (χ4n) is 1.84. The van der Waals surface area contributed by atoms with Gasteiger partial charge in [0.15, 0.2) is 0 Å².